The van der Waals surface area contributed by atoms with Gasteiger partial charge in [-0.1, -0.05) is 23.7 Å². The zero-order chi connectivity index (χ0) is 18.8. The van der Waals surface area contributed by atoms with Crippen molar-refractivity contribution in [2.45, 2.75) is 30.8 Å². The van der Waals surface area contributed by atoms with Crippen LogP contribution in [0.2, 0.25) is 5.02 Å². The highest BCUT2D eigenvalue weighted by Gasteiger charge is 2.39. The Labute approximate surface area is 186 Å². The predicted octanol–water partition coefficient (Wildman–Crippen LogP) is 3.79. The number of benzene rings is 1. The van der Waals surface area contributed by atoms with Crippen molar-refractivity contribution in [1.82, 2.24) is 15.6 Å². The Hall–Kier alpha value is -1.61. The monoisotopic (exact) mass is 515 g/mol. The Bertz CT molecular complexity index is 849. The molecule has 3 atom stereocenters. The third kappa shape index (κ3) is 4.86. The Morgan fingerprint density at radius 3 is 2.89 bits per heavy atom. The van der Waals surface area contributed by atoms with Gasteiger partial charge in [-0.15, -0.1) is 24.0 Å². The zero-order valence-electron chi connectivity index (χ0n) is 15.6. The molecule has 2 N–H and O–H groups in total. The molecule has 2 heterocycles. The molecule has 2 aliphatic rings. The predicted molar refractivity (Wildman–Crippen MR) is 122 cm³/mol. The van der Waals surface area contributed by atoms with Crippen LogP contribution in [-0.4, -0.2) is 43.2 Å². The summed E-state index contributed by atoms with van der Waals surface area (Å²) in [5.74, 6) is 1.40. The summed E-state index contributed by atoms with van der Waals surface area (Å²) in [6.45, 7) is 1.48. The Morgan fingerprint density at radius 2 is 2.14 bits per heavy atom. The number of pyridine rings is 1. The number of nitrogens with one attached hydrogen (secondary N) is 2. The highest BCUT2D eigenvalue weighted by Crippen LogP contribution is 2.41. The summed E-state index contributed by atoms with van der Waals surface area (Å²) < 4.78 is 13.9. The zero-order valence-corrected chi connectivity index (χ0v) is 18.7. The molecular weight excluding hydrogens is 492 g/mol. The second kappa shape index (κ2) is 9.26. The van der Waals surface area contributed by atoms with Crippen LogP contribution in [0, 0.1) is 5.82 Å². The minimum atomic E-state index is -0.275. The van der Waals surface area contributed by atoms with Gasteiger partial charge >= 0.3 is 0 Å². The number of halogens is 3. The van der Waals surface area contributed by atoms with E-state index in [1.807, 2.05) is 23.1 Å². The quantitative estimate of drug-likeness (QED) is 0.370. The smallest absolute Gasteiger partial charge is 0.191 e. The molecule has 1 aromatic carbocycles. The van der Waals surface area contributed by atoms with Gasteiger partial charge in [0.15, 0.2) is 17.6 Å². The van der Waals surface area contributed by atoms with Crippen LogP contribution >= 0.6 is 35.6 Å². The lowest BCUT2D eigenvalue weighted by molar-refractivity contribution is 0.612. The van der Waals surface area contributed by atoms with E-state index in [1.54, 1.807) is 19.3 Å². The van der Waals surface area contributed by atoms with Gasteiger partial charge in [0.1, 0.15) is 0 Å². The van der Waals surface area contributed by atoms with Crippen LogP contribution in [-0.2, 0) is 0 Å². The van der Waals surface area contributed by atoms with Crippen molar-refractivity contribution in [3.05, 3.63) is 59.0 Å². The van der Waals surface area contributed by atoms with Crippen molar-refractivity contribution < 1.29 is 4.39 Å². The highest BCUT2D eigenvalue weighted by molar-refractivity contribution is 14.0. The molecular formula is C20H24ClFIN5. The molecule has 1 saturated carbocycles. The van der Waals surface area contributed by atoms with Crippen LogP contribution in [0.4, 0.5) is 10.2 Å². The van der Waals surface area contributed by atoms with E-state index in [2.05, 4.69) is 26.7 Å². The average molecular weight is 516 g/mol. The maximum atomic E-state index is 13.9. The standard InChI is InChI=1S/C20H23ClFN5.HI/c1-23-20(26-18-11-16(18)13-4-2-5-14(21)10-13)25-15-7-9-27(12-15)19-17(22)6-3-8-24-19;/h2-6,8,10,15-16,18H,7,9,11-12H2,1H3,(H2,23,25,26);1H. The highest BCUT2D eigenvalue weighted by atomic mass is 127. The van der Waals surface area contributed by atoms with Gasteiger partial charge in [0.05, 0.1) is 0 Å². The lowest BCUT2D eigenvalue weighted by Gasteiger charge is -2.20. The van der Waals surface area contributed by atoms with Crippen molar-refractivity contribution in [3.8, 4) is 0 Å². The minimum Gasteiger partial charge on any atom is -0.353 e. The van der Waals surface area contributed by atoms with Crippen LogP contribution in [0.3, 0.4) is 0 Å². The molecule has 1 saturated heterocycles. The van der Waals surface area contributed by atoms with E-state index < -0.39 is 0 Å². The van der Waals surface area contributed by atoms with Crippen molar-refractivity contribution in [3.63, 3.8) is 0 Å². The molecule has 1 aliphatic carbocycles. The number of aromatic nitrogens is 1. The molecule has 2 aromatic rings. The third-order valence-electron chi connectivity index (χ3n) is 5.18. The van der Waals surface area contributed by atoms with Gasteiger partial charge in [-0.2, -0.15) is 0 Å². The summed E-state index contributed by atoms with van der Waals surface area (Å²) >= 11 is 6.09. The average Bonchev–Trinajstić information content (AvgIpc) is 3.29. The van der Waals surface area contributed by atoms with Gasteiger partial charge in [-0.05, 0) is 42.7 Å². The van der Waals surface area contributed by atoms with E-state index in [-0.39, 0.29) is 35.8 Å². The Morgan fingerprint density at radius 1 is 1.29 bits per heavy atom. The first-order valence-electron chi connectivity index (χ1n) is 9.25. The van der Waals surface area contributed by atoms with E-state index in [0.717, 1.165) is 30.4 Å². The van der Waals surface area contributed by atoms with E-state index in [4.69, 9.17) is 11.6 Å². The van der Waals surface area contributed by atoms with Crippen LogP contribution in [0.25, 0.3) is 0 Å². The summed E-state index contributed by atoms with van der Waals surface area (Å²) in [7, 11) is 1.78. The van der Waals surface area contributed by atoms with Crippen molar-refractivity contribution in [1.29, 1.82) is 0 Å². The maximum Gasteiger partial charge on any atom is 0.191 e. The number of guanidine groups is 1. The van der Waals surface area contributed by atoms with Gasteiger partial charge in [0, 0.05) is 49.4 Å². The number of rotatable bonds is 4. The first-order chi connectivity index (χ1) is 13.1. The van der Waals surface area contributed by atoms with Crippen molar-refractivity contribution in [2.24, 2.45) is 4.99 Å². The van der Waals surface area contributed by atoms with Crippen LogP contribution in [0.1, 0.15) is 24.3 Å². The molecule has 28 heavy (non-hydrogen) atoms. The number of aliphatic imine (C=N–C) groups is 1. The molecule has 0 amide bonds. The van der Waals surface area contributed by atoms with Crippen molar-refractivity contribution in [2.75, 3.05) is 25.0 Å². The molecule has 4 rings (SSSR count). The van der Waals surface area contributed by atoms with Crippen LogP contribution in [0.15, 0.2) is 47.6 Å². The first-order valence-corrected chi connectivity index (χ1v) is 9.62. The van der Waals surface area contributed by atoms with Gasteiger partial charge < -0.3 is 15.5 Å². The molecule has 1 aliphatic heterocycles. The third-order valence-corrected chi connectivity index (χ3v) is 5.42. The molecule has 3 unspecified atom stereocenters. The van der Waals surface area contributed by atoms with Gasteiger partial charge in [-0.25, -0.2) is 9.37 Å². The van der Waals surface area contributed by atoms with Gasteiger partial charge in [-0.3, -0.25) is 4.99 Å². The molecule has 0 spiro atoms. The number of nitrogens with zero attached hydrogens (tertiary/aromatic N) is 3. The molecule has 150 valence electrons. The lowest BCUT2D eigenvalue weighted by Crippen LogP contribution is -2.45. The first kappa shape index (κ1) is 21.1. The maximum absolute atomic E-state index is 13.9. The molecule has 2 fully saturated rings. The summed E-state index contributed by atoms with van der Waals surface area (Å²) in [5.41, 5.74) is 1.26. The van der Waals surface area contributed by atoms with E-state index in [0.29, 0.717) is 24.3 Å². The molecule has 1 aromatic heterocycles. The summed E-state index contributed by atoms with van der Waals surface area (Å²) in [6, 6.07) is 11.7. The van der Waals surface area contributed by atoms with Gasteiger partial charge in [0.2, 0.25) is 0 Å². The fraction of sp³-hybridized carbons (Fsp3) is 0.400. The number of hydrogen-bond donors (Lipinski definition) is 2. The summed E-state index contributed by atoms with van der Waals surface area (Å²) in [5, 5.41) is 7.72. The number of hydrogen-bond acceptors (Lipinski definition) is 3. The topological polar surface area (TPSA) is 52.6 Å². The largest absolute Gasteiger partial charge is 0.353 e. The SMILES string of the molecule is CN=C(NC1CCN(c2ncccc2F)C1)NC1CC1c1cccc(Cl)c1.I. The minimum absolute atomic E-state index is 0. The van der Waals surface area contributed by atoms with Crippen molar-refractivity contribution >= 4 is 47.4 Å². The summed E-state index contributed by atoms with van der Waals surface area (Å²) in [6.07, 6.45) is 3.61. The number of anilines is 1. The van der Waals surface area contributed by atoms with Crippen LogP contribution in [0.5, 0.6) is 0 Å². The lowest BCUT2D eigenvalue weighted by atomic mass is 10.1. The fourth-order valence-corrected chi connectivity index (χ4v) is 3.88. The van der Waals surface area contributed by atoms with E-state index in [9.17, 15) is 4.39 Å². The molecule has 5 nitrogen and oxygen atoms in total. The second-order valence-corrected chi connectivity index (χ2v) is 7.54. The summed E-state index contributed by atoms with van der Waals surface area (Å²) in [4.78, 5) is 10.5. The second-order valence-electron chi connectivity index (χ2n) is 7.11. The fourth-order valence-electron chi connectivity index (χ4n) is 3.68. The van der Waals surface area contributed by atoms with E-state index in [1.165, 1.54) is 11.6 Å². The molecule has 8 heteroatoms. The Kier molecular flexibility index (Phi) is 6.98. The molecule has 0 radical (unpaired) electrons. The van der Waals surface area contributed by atoms with Crippen LogP contribution < -0.4 is 15.5 Å². The normalized spacial score (nSPS) is 23.9. The van der Waals surface area contributed by atoms with E-state index >= 15 is 0 Å². The molecule has 0 bridgehead atoms. The Balaban J connectivity index is 0.00000225. The van der Waals surface area contributed by atoms with Gasteiger partial charge in [0.25, 0.3) is 0 Å².